The molecule has 0 aromatic carbocycles. The van der Waals surface area contributed by atoms with Gasteiger partial charge in [0.15, 0.2) is 0 Å². The third-order valence-corrected chi connectivity index (χ3v) is 1.60. The van der Waals surface area contributed by atoms with Crippen molar-refractivity contribution in [2.24, 2.45) is 11.7 Å². The second kappa shape index (κ2) is 2.03. The molecule has 1 saturated heterocycles. The third-order valence-electron chi connectivity index (χ3n) is 1.27. The number of thiol groups is 1. The lowest BCUT2D eigenvalue weighted by Gasteiger charge is -2.33. The molecule has 1 aliphatic rings. The first-order valence-electron chi connectivity index (χ1n) is 2.47. The lowest BCUT2D eigenvalue weighted by atomic mass is 10.0. The Kier molecular flexibility index (Phi) is 1.57. The standard InChI is InChI=1S/C4H10N2S/c5-1-4-2-6(7)3-4/h4,7H,1-3,5H2. The summed E-state index contributed by atoms with van der Waals surface area (Å²) in [6.45, 7) is 2.95. The van der Waals surface area contributed by atoms with Crippen LogP contribution in [0.3, 0.4) is 0 Å². The van der Waals surface area contributed by atoms with Crippen LogP contribution >= 0.6 is 12.8 Å². The van der Waals surface area contributed by atoms with E-state index in [-0.39, 0.29) is 0 Å². The highest BCUT2D eigenvalue weighted by atomic mass is 32.1. The van der Waals surface area contributed by atoms with Crippen LogP contribution in [-0.2, 0) is 0 Å². The first-order valence-corrected chi connectivity index (χ1v) is 2.87. The molecule has 0 aromatic rings. The summed E-state index contributed by atoms with van der Waals surface area (Å²) in [6, 6.07) is 0. The molecule has 1 fully saturated rings. The first kappa shape index (κ1) is 5.41. The van der Waals surface area contributed by atoms with Crippen molar-refractivity contribution in [3.8, 4) is 0 Å². The van der Waals surface area contributed by atoms with E-state index < -0.39 is 0 Å². The van der Waals surface area contributed by atoms with Gasteiger partial charge in [0.1, 0.15) is 0 Å². The van der Waals surface area contributed by atoms with Crippen LogP contribution in [0.2, 0.25) is 0 Å². The van der Waals surface area contributed by atoms with E-state index in [1.807, 2.05) is 4.31 Å². The Hall–Kier alpha value is 0.270. The Labute approximate surface area is 49.2 Å². The molecule has 0 radical (unpaired) electrons. The van der Waals surface area contributed by atoms with Gasteiger partial charge in [-0.2, -0.15) is 0 Å². The molecular weight excluding hydrogens is 108 g/mol. The highest BCUT2D eigenvalue weighted by Gasteiger charge is 2.21. The molecule has 0 saturated carbocycles. The Morgan fingerprint density at radius 3 is 2.43 bits per heavy atom. The summed E-state index contributed by atoms with van der Waals surface area (Å²) in [6.07, 6.45) is 0. The minimum absolute atomic E-state index is 0.720. The van der Waals surface area contributed by atoms with E-state index in [1.54, 1.807) is 0 Å². The number of nitrogens with two attached hydrogens (primary N) is 1. The molecule has 3 heteroatoms. The van der Waals surface area contributed by atoms with Crippen LogP contribution in [0.5, 0.6) is 0 Å². The molecule has 7 heavy (non-hydrogen) atoms. The second-order valence-corrected chi connectivity index (χ2v) is 2.54. The molecular formula is C4H10N2S. The van der Waals surface area contributed by atoms with E-state index in [0.717, 1.165) is 25.6 Å². The summed E-state index contributed by atoms with van der Waals surface area (Å²) in [5.41, 5.74) is 5.34. The monoisotopic (exact) mass is 118 g/mol. The van der Waals surface area contributed by atoms with E-state index >= 15 is 0 Å². The lowest BCUT2D eigenvalue weighted by Crippen LogP contribution is -2.44. The summed E-state index contributed by atoms with van der Waals surface area (Å²) in [7, 11) is 0. The zero-order valence-electron chi connectivity index (χ0n) is 4.17. The van der Waals surface area contributed by atoms with Gasteiger partial charge in [-0.25, -0.2) is 0 Å². The van der Waals surface area contributed by atoms with Crippen LogP contribution in [-0.4, -0.2) is 23.9 Å². The van der Waals surface area contributed by atoms with Crippen molar-refractivity contribution >= 4 is 12.8 Å². The quantitative estimate of drug-likeness (QED) is 0.464. The predicted octanol–water partition coefficient (Wildman–Crippen LogP) is -0.278. The fourth-order valence-electron chi connectivity index (χ4n) is 0.692. The minimum Gasteiger partial charge on any atom is -0.330 e. The largest absolute Gasteiger partial charge is 0.330 e. The van der Waals surface area contributed by atoms with Gasteiger partial charge in [0.25, 0.3) is 0 Å². The van der Waals surface area contributed by atoms with Crippen molar-refractivity contribution < 1.29 is 0 Å². The van der Waals surface area contributed by atoms with Crippen molar-refractivity contribution in [3.63, 3.8) is 0 Å². The van der Waals surface area contributed by atoms with Crippen LogP contribution < -0.4 is 5.73 Å². The van der Waals surface area contributed by atoms with E-state index in [0.29, 0.717) is 0 Å². The Bertz CT molecular complexity index is 60.7. The molecule has 0 atom stereocenters. The van der Waals surface area contributed by atoms with Gasteiger partial charge < -0.3 is 5.73 Å². The minimum atomic E-state index is 0.720. The predicted molar refractivity (Wildman–Crippen MR) is 33.1 cm³/mol. The van der Waals surface area contributed by atoms with Gasteiger partial charge in [-0.15, -0.1) is 0 Å². The number of hydrogen-bond donors (Lipinski definition) is 2. The molecule has 1 rings (SSSR count). The highest BCUT2D eigenvalue weighted by Crippen LogP contribution is 2.14. The van der Waals surface area contributed by atoms with E-state index in [2.05, 4.69) is 12.8 Å². The number of nitrogens with zero attached hydrogens (tertiary/aromatic N) is 1. The van der Waals surface area contributed by atoms with Gasteiger partial charge >= 0.3 is 0 Å². The Morgan fingerprint density at radius 2 is 2.29 bits per heavy atom. The fourth-order valence-corrected chi connectivity index (χ4v) is 1.15. The van der Waals surface area contributed by atoms with E-state index in [9.17, 15) is 0 Å². The SMILES string of the molecule is NCC1CN(S)C1. The van der Waals surface area contributed by atoms with Crippen LogP contribution in [0.4, 0.5) is 0 Å². The molecule has 0 unspecified atom stereocenters. The van der Waals surface area contributed by atoms with Gasteiger partial charge in [0.2, 0.25) is 0 Å². The maximum Gasteiger partial charge on any atom is 0.0140 e. The normalized spacial score (nSPS) is 24.9. The van der Waals surface area contributed by atoms with E-state index in [1.165, 1.54) is 0 Å². The first-order chi connectivity index (χ1) is 3.33. The smallest absolute Gasteiger partial charge is 0.0140 e. The van der Waals surface area contributed by atoms with E-state index in [4.69, 9.17) is 5.73 Å². The van der Waals surface area contributed by atoms with Crippen LogP contribution in [0, 0.1) is 5.92 Å². The molecule has 0 bridgehead atoms. The molecule has 0 aromatic heterocycles. The highest BCUT2D eigenvalue weighted by molar-refractivity contribution is 7.77. The maximum absolute atomic E-state index is 5.34. The molecule has 0 amide bonds. The average molecular weight is 118 g/mol. The van der Waals surface area contributed by atoms with Gasteiger partial charge in [-0.05, 0) is 12.5 Å². The maximum atomic E-state index is 5.34. The lowest BCUT2D eigenvalue weighted by molar-refractivity contribution is 0.230. The summed E-state index contributed by atoms with van der Waals surface area (Å²) >= 11 is 4.08. The molecule has 1 heterocycles. The van der Waals surface area contributed by atoms with Gasteiger partial charge in [0.05, 0.1) is 0 Å². The van der Waals surface area contributed by atoms with Crippen LogP contribution in [0.15, 0.2) is 0 Å². The summed E-state index contributed by atoms with van der Waals surface area (Å²) in [5, 5.41) is 0. The van der Waals surface area contributed by atoms with Crippen LogP contribution in [0.1, 0.15) is 0 Å². The van der Waals surface area contributed by atoms with Crippen molar-refractivity contribution in [2.45, 2.75) is 0 Å². The molecule has 1 aliphatic heterocycles. The van der Waals surface area contributed by atoms with Crippen molar-refractivity contribution in [2.75, 3.05) is 19.6 Å². The average Bonchev–Trinajstić information content (AvgIpc) is 1.58. The van der Waals surface area contributed by atoms with Gasteiger partial charge in [-0.1, -0.05) is 12.8 Å². The summed E-state index contributed by atoms with van der Waals surface area (Å²) in [5.74, 6) is 0.720. The summed E-state index contributed by atoms with van der Waals surface area (Å²) in [4.78, 5) is 0. The molecule has 2 N–H and O–H groups in total. The molecule has 0 aliphatic carbocycles. The summed E-state index contributed by atoms with van der Waals surface area (Å²) < 4.78 is 1.97. The topological polar surface area (TPSA) is 29.3 Å². The fraction of sp³-hybridized carbons (Fsp3) is 1.00. The Balaban J connectivity index is 2.06. The molecule has 0 spiro atoms. The zero-order valence-corrected chi connectivity index (χ0v) is 5.06. The van der Waals surface area contributed by atoms with Crippen molar-refractivity contribution in [1.82, 2.24) is 4.31 Å². The van der Waals surface area contributed by atoms with Gasteiger partial charge in [-0.3, -0.25) is 4.31 Å². The van der Waals surface area contributed by atoms with Crippen LogP contribution in [0.25, 0.3) is 0 Å². The van der Waals surface area contributed by atoms with Crippen molar-refractivity contribution in [1.29, 1.82) is 0 Å². The number of hydrogen-bond acceptors (Lipinski definition) is 3. The number of rotatable bonds is 1. The zero-order chi connectivity index (χ0) is 5.28. The Morgan fingerprint density at radius 1 is 1.71 bits per heavy atom. The second-order valence-electron chi connectivity index (χ2n) is 1.97. The van der Waals surface area contributed by atoms with Gasteiger partial charge in [0, 0.05) is 13.1 Å². The molecule has 2 nitrogen and oxygen atoms in total. The molecule has 42 valence electrons. The third kappa shape index (κ3) is 1.08. The van der Waals surface area contributed by atoms with Crippen molar-refractivity contribution in [3.05, 3.63) is 0 Å².